The highest BCUT2D eigenvalue weighted by molar-refractivity contribution is 7.92. The van der Waals surface area contributed by atoms with Crippen molar-refractivity contribution in [2.75, 3.05) is 31.0 Å². The molecule has 1 N–H and O–H groups in total. The number of carbonyl (C=O) groups excluding carboxylic acids is 3. The second kappa shape index (κ2) is 12.8. The minimum atomic E-state index is -4.37. The van der Waals surface area contributed by atoms with Crippen LogP contribution in [0.1, 0.15) is 35.8 Å². The molecule has 1 aliphatic heterocycles. The van der Waals surface area contributed by atoms with E-state index in [-0.39, 0.29) is 39.7 Å². The number of nitrogens with zero attached hydrogens (tertiary/aromatic N) is 3. The van der Waals surface area contributed by atoms with E-state index >= 15 is 0 Å². The number of rotatable bonds is 9. The maximum atomic E-state index is 13.3. The second-order valence-corrected chi connectivity index (χ2v) is 11.8. The number of anilines is 1. The molecule has 2 heterocycles. The number of halogens is 1. The number of likely N-dealkylation sites (tertiary alicyclic amines) is 1. The van der Waals surface area contributed by atoms with Gasteiger partial charge in [0.25, 0.3) is 21.5 Å². The largest absolute Gasteiger partial charge is 0.466 e. The number of ether oxygens (including phenoxy) is 2. The number of aromatic nitrogens is 2. The Morgan fingerprint density at radius 1 is 1.05 bits per heavy atom. The fraction of sp³-hybridized carbons (Fsp3) is 0.357. The second-order valence-electron chi connectivity index (χ2n) is 9.70. The average molecular weight is 619 g/mol. The van der Waals surface area contributed by atoms with Gasteiger partial charge in [-0.2, -0.15) is 0 Å². The minimum absolute atomic E-state index is 0.0660. The van der Waals surface area contributed by atoms with Crippen molar-refractivity contribution < 1.29 is 32.3 Å². The first kappa shape index (κ1) is 30.8. The molecule has 0 radical (unpaired) electrons. The van der Waals surface area contributed by atoms with Gasteiger partial charge >= 0.3 is 11.9 Å². The van der Waals surface area contributed by atoms with Crippen LogP contribution in [0, 0.1) is 12.8 Å². The van der Waals surface area contributed by atoms with E-state index < -0.39 is 34.1 Å². The number of benzene rings is 2. The van der Waals surface area contributed by atoms with Crippen LogP contribution in [0.3, 0.4) is 0 Å². The van der Waals surface area contributed by atoms with Crippen LogP contribution in [-0.4, -0.2) is 66.8 Å². The lowest BCUT2D eigenvalue weighted by Gasteiger charge is -2.30. The van der Waals surface area contributed by atoms with Gasteiger partial charge in [-0.05, 0) is 57.0 Å². The highest BCUT2D eigenvalue weighted by Gasteiger charge is 2.29. The highest BCUT2D eigenvalue weighted by atomic mass is 35.5. The quantitative estimate of drug-likeness (QED) is 0.360. The Hall–Kier alpha value is -4.10. The van der Waals surface area contributed by atoms with Crippen molar-refractivity contribution >= 4 is 45.2 Å². The monoisotopic (exact) mass is 618 g/mol. The van der Waals surface area contributed by atoms with Gasteiger partial charge in [0.2, 0.25) is 0 Å². The van der Waals surface area contributed by atoms with Crippen LogP contribution in [0.2, 0.25) is 5.02 Å². The Bertz CT molecular complexity index is 1660. The van der Waals surface area contributed by atoms with Crippen LogP contribution in [0.4, 0.5) is 5.69 Å². The number of piperidine rings is 1. The molecule has 3 aromatic rings. The van der Waals surface area contributed by atoms with Crippen molar-refractivity contribution in [2.45, 2.75) is 31.6 Å². The number of hydrogen-bond acceptors (Lipinski definition) is 8. The number of carbonyl (C=O) groups is 3. The zero-order chi connectivity index (χ0) is 30.6. The molecular weight excluding hydrogens is 588 g/mol. The normalized spacial score (nSPS) is 14.0. The molecule has 224 valence electrons. The first-order chi connectivity index (χ1) is 19.9. The molecule has 1 fully saturated rings. The van der Waals surface area contributed by atoms with Gasteiger partial charge in [-0.1, -0.05) is 29.8 Å². The van der Waals surface area contributed by atoms with E-state index in [1.54, 1.807) is 51.2 Å². The van der Waals surface area contributed by atoms with Gasteiger partial charge in [-0.25, -0.2) is 17.9 Å². The molecule has 4 rings (SSSR count). The van der Waals surface area contributed by atoms with Crippen molar-refractivity contribution in [1.82, 2.24) is 14.3 Å². The molecule has 0 spiro atoms. The van der Waals surface area contributed by atoms with Crippen LogP contribution in [0.5, 0.6) is 0 Å². The zero-order valence-electron chi connectivity index (χ0n) is 23.3. The van der Waals surface area contributed by atoms with Crippen LogP contribution in [0.25, 0.3) is 5.69 Å². The van der Waals surface area contributed by atoms with Gasteiger partial charge in [-0.15, -0.1) is 0 Å². The standard InChI is InChI=1S/C28H31ClN4O8S/c1-4-40-27(36)19-10-12-32(13-11-19)24(34)17-41-28(37)20-14-21(29)16-23(15-20)42(38,39)30-25-18(2)31(3)33(26(25)35)22-8-6-5-7-9-22/h5-9,14-16,19,30H,4,10-13,17H2,1-3H3. The molecule has 14 heteroatoms. The van der Waals surface area contributed by atoms with E-state index in [1.165, 1.54) is 20.3 Å². The fourth-order valence-corrected chi connectivity index (χ4v) is 6.13. The summed E-state index contributed by atoms with van der Waals surface area (Å²) in [5.41, 5.74) is -0.0367. The molecule has 0 aliphatic carbocycles. The lowest BCUT2D eigenvalue weighted by molar-refractivity contribution is -0.151. The van der Waals surface area contributed by atoms with E-state index in [2.05, 4.69) is 4.72 Å². The average Bonchev–Trinajstić information content (AvgIpc) is 3.18. The van der Waals surface area contributed by atoms with E-state index in [0.717, 1.165) is 12.1 Å². The molecule has 0 saturated carbocycles. The van der Waals surface area contributed by atoms with E-state index in [1.807, 2.05) is 0 Å². The summed E-state index contributed by atoms with van der Waals surface area (Å²) >= 11 is 6.14. The molecule has 1 aromatic heterocycles. The van der Waals surface area contributed by atoms with Crippen LogP contribution < -0.4 is 10.3 Å². The fourth-order valence-electron chi connectivity index (χ4n) is 4.64. The number of esters is 2. The summed E-state index contributed by atoms with van der Waals surface area (Å²) in [7, 11) is -2.75. The van der Waals surface area contributed by atoms with Gasteiger partial charge in [0.05, 0.1) is 34.4 Å². The topological polar surface area (TPSA) is 146 Å². The Morgan fingerprint density at radius 3 is 2.36 bits per heavy atom. The van der Waals surface area contributed by atoms with Crippen molar-refractivity contribution in [3.63, 3.8) is 0 Å². The molecule has 1 amide bonds. The third-order valence-electron chi connectivity index (χ3n) is 7.00. The molecule has 12 nitrogen and oxygen atoms in total. The smallest absolute Gasteiger partial charge is 0.338 e. The number of sulfonamides is 1. The van der Waals surface area contributed by atoms with Crippen molar-refractivity contribution in [3.8, 4) is 5.69 Å². The third kappa shape index (κ3) is 6.68. The number of para-hydroxylation sites is 1. The lowest BCUT2D eigenvalue weighted by atomic mass is 9.97. The summed E-state index contributed by atoms with van der Waals surface area (Å²) in [5, 5.41) is -0.0660. The molecule has 1 aliphatic rings. The Morgan fingerprint density at radius 2 is 1.71 bits per heavy atom. The van der Waals surface area contributed by atoms with Crippen LogP contribution >= 0.6 is 11.6 Å². The summed E-state index contributed by atoms with van der Waals surface area (Å²) in [6.45, 7) is 3.67. The SMILES string of the molecule is CCOC(=O)C1CCN(C(=O)COC(=O)c2cc(Cl)cc(S(=O)(=O)Nc3c(C)n(C)n(-c4ccccc4)c3=O)c2)CC1. The first-order valence-electron chi connectivity index (χ1n) is 13.2. The molecule has 0 unspecified atom stereocenters. The number of amides is 1. The van der Waals surface area contributed by atoms with Crippen LogP contribution in [-0.2, 0) is 36.1 Å². The minimum Gasteiger partial charge on any atom is -0.466 e. The van der Waals surface area contributed by atoms with Crippen LogP contribution in [0.15, 0.2) is 58.2 Å². The predicted molar refractivity (Wildman–Crippen MR) is 154 cm³/mol. The lowest BCUT2D eigenvalue weighted by Crippen LogP contribution is -2.42. The summed E-state index contributed by atoms with van der Waals surface area (Å²) in [4.78, 5) is 51.6. The summed E-state index contributed by atoms with van der Waals surface area (Å²) < 4.78 is 42.0. The Balaban J connectivity index is 1.45. The van der Waals surface area contributed by atoms with Crippen molar-refractivity contribution in [1.29, 1.82) is 0 Å². The van der Waals surface area contributed by atoms with E-state index in [4.69, 9.17) is 21.1 Å². The zero-order valence-corrected chi connectivity index (χ0v) is 24.9. The van der Waals surface area contributed by atoms with Gasteiger partial charge in [-0.3, -0.25) is 23.8 Å². The predicted octanol–water partition coefficient (Wildman–Crippen LogP) is 2.90. The summed E-state index contributed by atoms with van der Waals surface area (Å²) in [6.07, 6.45) is 0.886. The van der Waals surface area contributed by atoms with Crippen molar-refractivity contribution in [3.05, 3.63) is 75.2 Å². The summed E-state index contributed by atoms with van der Waals surface area (Å²) in [6, 6.07) is 12.1. The Kier molecular flexibility index (Phi) is 9.42. The molecule has 42 heavy (non-hydrogen) atoms. The Labute approximate surface area is 247 Å². The van der Waals surface area contributed by atoms with E-state index in [9.17, 15) is 27.6 Å². The first-order valence-corrected chi connectivity index (χ1v) is 15.1. The third-order valence-corrected chi connectivity index (χ3v) is 8.55. The molecule has 0 atom stereocenters. The molecule has 1 saturated heterocycles. The molecule has 2 aromatic carbocycles. The maximum absolute atomic E-state index is 13.3. The molecular formula is C28H31ClN4O8S. The molecule has 0 bridgehead atoms. The maximum Gasteiger partial charge on any atom is 0.338 e. The van der Waals surface area contributed by atoms with Gasteiger partial charge in [0.15, 0.2) is 6.61 Å². The van der Waals surface area contributed by atoms with Gasteiger partial charge in [0, 0.05) is 25.2 Å². The van der Waals surface area contributed by atoms with Gasteiger partial charge in [0.1, 0.15) is 5.69 Å². The van der Waals surface area contributed by atoms with Gasteiger partial charge < -0.3 is 14.4 Å². The van der Waals surface area contributed by atoms with E-state index in [0.29, 0.717) is 37.3 Å². The highest BCUT2D eigenvalue weighted by Crippen LogP contribution is 2.24. The van der Waals surface area contributed by atoms with Crippen molar-refractivity contribution in [2.24, 2.45) is 13.0 Å². The summed E-state index contributed by atoms with van der Waals surface area (Å²) in [5.74, 6) is -1.97. The number of hydrogen-bond donors (Lipinski definition) is 1. The number of nitrogens with one attached hydrogen (secondary N) is 1.